The minimum absolute atomic E-state index is 0.0243. The van der Waals surface area contributed by atoms with Gasteiger partial charge in [0.25, 0.3) is 0 Å². The van der Waals surface area contributed by atoms with Crippen molar-refractivity contribution in [3.05, 3.63) is 83.9 Å². The molecule has 4 atom stereocenters. The van der Waals surface area contributed by atoms with Crippen LogP contribution in [0.5, 0.6) is 0 Å². The predicted octanol–water partition coefficient (Wildman–Crippen LogP) is 4.31. The minimum atomic E-state index is 0.0243. The van der Waals surface area contributed by atoms with Crippen LogP contribution >= 0.6 is 0 Å². The van der Waals surface area contributed by atoms with Gasteiger partial charge in [-0.3, -0.25) is 0 Å². The smallest absolute Gasteiger partial charge is 0.107 e. The second kappa shape index (κ2) is 8.22. The highest BCUT2D eigenvalue weighted by molar-refractivity contribution is 5.52. The van der Waals surface area contributed by atoms with Crippen molar-refractivity contribution in [3.8, 4) is 0 Å². The van der Waals surface area contributed by atoms with Crippen LogP contribution < -0.4 is 0 Å². The number of ether oxygens (including phenoxy) is 3. The summed E-state index contributed by atoms with van der Waals surface area (Å²) in [6.45, 7) is 9.40. The zero-order chi connectivity index (χ0) is 18.6. The molecule has 140 valence electrons. The van der Waals surface area contributed by atoms with Crippen molar-refractivity contribution in [2.45, 2.75) is 37.3 Å². The topological polar surface area (TPSA) is 34.3 Å². The Morgan fingerprint density at radius 1 is 0.815 bits per heavy atom. The lowest BCUT2D eigenvalue weighted by Crippen LogP contribution is -2.33. The Kier molecular flexibility index (Phi) is 5.53. The van der Waals surface area contributed by atoms with E-state index in [-0.39, 0.29) is 24.4 Å². The molecule has 0 aromatic heterocycles. The quantitative estimate of drug-likeness (QED) is 0.591. The molecule has 2 aromatic rings. The van der Waals surface area contributed by atoms with E-state index in [0.717, 1.165) is 37.2 Å². The summed E-state index contributed by atoms with van der Waals surface area (Å²) >= 11 is 0. The summed E-state index contributed by atoms with van der Waals surface area (Å²) in [5.41, 5.74) is 4.80. The lowest BCUT2D eigenvalue weighted by atomic mass is 9.98. The maximum atomic E-state index is 6.59. The van der Waals surface area contributed by atoms with Crippen molar-refractivity contribution < 1.29 is 14.2 Å². The van der Waals surface area contributed by atoms with E-state index in [4.69, 9.17) is 14.2 Å². The second-order valence-electron chi connectivity index (χ2n) is 7.17. The summed E-state index contributed by atoms with van der Waals surface area (Å²) < 4.78 is 17.8. The molecular formula is C24H26O3. The third kappa shape index (κ3) is 4.56. The van der Waals surface area contributed by atoms with E-state index in [9.17, 15) is 0 Å². The van der Waals surface area contributed by atoms with Crippen LogP contribution in [0.25, 0.3) is 12.2 Å². The largest absolute Gasteiger partial charge is 0.370 e. The molecule has 4 rings (SSSR count). The van der Waals surface area contributed by atoms with Crippen molar-refractivity contribution in [2.24, 2.45) is 0 Å². The van der Waals surface area contributed by atoms with Crippen molar-refractivity contribution in [2.75, 3.05) is 13.2 Å². The lowest BCUT2D eigenvalue weighted by molar-refractivity contribution is -0.0369. The Hall–Kier alpha value is -2.20. The number of benzene rings is 2. The zero-order valence-corrected chi connectivity index (χ0v) is 15.6. The lowest BCUT2D eigenvalue weighted by Gasteiger charge is -2.24. The Morgan fingerprint density at radius 3 is 1.59 bits per heavy atom. The van der Waals surface area contributed by atoms with Crippen molar-refractivity contribution in [1.82, 2.24) is 0 Å². The molecule has 2 saturated heterocycles. The van der Waals surface area contributed by atoms with E-state index in [1.165, 1.54) is 11.1 Å². The summed E-state index contributed by atoms with van der Waals surface area (Å²) in [6.07, 6.45) is 5.83. The maximum absolute atomic E-state index is 6.59. The molecule has 2 heterocycles. The van der Waals surface area contributed by atoms with Crippen LogP contribution in [0, 0.1) is 0 Å². The van der Waals surface area contributed by atoms with Gasteiger partial charge in [0.05, 0.1) is 25.4 Å². The van der Waals surface area contributed by atoms with Crippen LogP contribution in [0.4, 0.5) is 0 Å². The van der Waals surface area contributed by atoms with Crippen LogP contribution in [0.15, 0.2) is 61.7 Å². The monoisotopic (exact) mass is 362 g/mol. The highest BCUT2D eigenvalue weighted by atomic mass is 16.6. The average Bonchev–Trinajstić information content (AvgIpc) is 3.59. The Morgan fingerprint density at radius 2 is 1.22 bits per heavy atom. The first-order valence-electron chi connectivity index (χ1n) is 9.58. The van der Waals surface area contributed by atoms with Gasteiger partial charge in [-0.05, 0) is 22.3 Å². The number of rotatable bonds is 10. The van der Waals surface area contributed by atoms with E-state index in [1.807, 2.05) is 24.3 Å². The first-order valence-corrected chi connectivity index (χ1v) is 9.58. The molecule has 2 aromatic carbocycles. The summed E-state index contributed by atoms with van der Waals surface area (Å²) in [4.78, 5) is 0. The SMILES string of the molecule is C=Cc1ccccc1CC(OC(Cc1ccccc1C=C)C1CO1)C1CO1. The fraction of sp³-hybridized carbons (Fsp3) is 0.333. The summed E-state index contributed by atoms with van der Waals surface area (Å²) in [6, 6.07) is 16.7. The van der Waals surface area contributed by atoms with Crippen molar-refractivity contribution in [1.29, 1.82) is 0 Å². The third-order valence-electron chi connectivity index (χ3n) is 5.29. The number of epoxide rings is 2. The average molecular weight is 362 g/mol. The molecule has 2 aliphatic heterocycles. The first kappa shape index (κ1) is 18.2. The van der Waals surface area contributed by atoms with E-state index in [0.29, 0.717) is 0 Å². The first-order chi connectivity index (χ1) is 13.3. The molecule has 0 aliphatic carbocycles. The molecule has 3 heteroatoms. The fourth-order valence-electron chi connectivity index (χ4n) is 3.57. The second-order valence-corrected chi connectivity index (χ2v) is 7.17. The minimum Gasteiger partial charge on any atom is -0.370 e. The molecule has 2 fully saturated rings. The van der Waals surface area contributed by atoms with Crippen LogP contribution in [0.3, 0.4) is 0 Å². The van der Waals surface area contributed by atoms with Gasteiger partial charge in [0.15, 0.2) is 0 Å². The van der Waals surface area contributed by atoms with Gasteiger partial charge in [-0.25, -0.2) is 0 Å². The highest BCUT2D eigenvalue weighted by Crippen LogP contribution is 2.29. The van der Waals surface area contributed by atoms with Crippen LogP contribution in [-0.4, -0.2) is 37.6 Å². The Bertz CT molecular complexity index is 737. The van der Waals surface area contributed by atoms with Crippen LogP contribution in [0.2, 0.25) is 0 Å². The van der Waals surface area contributed by atoms with Gasteiger partial charge >= 0.3 is 0 Å². The normalized spacial score (nSPS) is 22.7. The van der Waals surface area contributed by atoms with Gasteiger partial charge in [-0.2, -0.15) is 0 Å². The number of hydrogen-bond donors (Lipinski definition) is 0. The van der Waals surface area contributed by atoms with Gasteiger partial charge < -0.3 is 14.2 Å². The van der Waals surface area contributed by atoms with Crippen LogP contribution in [0.1, 0.15) is 22.3 Å². The fourth-order valence-corrected chi connectivity index (χ4v) is 3.57. The summed E-state index contributed by atoms with van der Waals surface area (Å²) in [5, 5.41) is 0. The van der Waals surface area contributed by atoms with Crippen molar-refractivity contribution >= 4 is 12.2 Å². The van der Waals surface area contributed by atoms with Gasteiger partial charge in [0.2, 0.25) is 0 Å². The molecule has 0 spiro atoms. The molecule has 4 unspecified atom stereocenters. The standard InChI is InChI=1S/C24H26O3/c1-3-17-9-5-7-11-19(17)13-21(23-15-25-23)27-22(24-16-26-24)14-20-12-8-6-10-18(20)4-2/h3-12,21-24H,1-2,13-16H2. The molecule has 0 radical (unpaired) electrons. The molecule has 3 nitrogen and oxygen atoms in total. The van der Waals surface area contributed by atoms with E-state index < -0.39 is 0 Å². The summed E-state index contributed by atoms with van der Waals surface area (Å²) in [5.74, 6) is 0. The molecule has 0 N–H and O–H groups in total. The van der Waals surface area contributed by atoms with Gasteiger partial charge in [-0.15, -0.1) is 0 Å². The molecular weight excluding hydrogens is 336 g/mol. The molecule has 0 amide bonds. The van der Waals surface area contributed by atoms with E-state index in [1.54, 1.807) is 0 Å². The van der Waals surface area contributed by atoms with E-state index in [2.05, 4.69) is 49.6 Å². The Balaban J connectivity index is 1.50. The Labute approximate surface area is 161 Å². The summed E-state index contributed by atoms with van der Waals surface area (Å²) in [7, 11) is 0. The van der Waals surface area contributed by atoms with Gasteiger partial charge in [-0.1, -0.05) is 73.8 Å². The number of hydrogen-bond acceptors (Lipinski definition) is 3. The zero-order valence-electron chi connectivity index (χ0n) is 15.6. The van der Waals surface area contributed by atoms with Crippen molar-refractivity contribution in [3.63, 3.8) is 0 Å². The van der Waals surface area contributed by atoms with Crippen LogP contribution in [-0.2, 0) is 27.1 Å². The van der Waals surface area contributed by atoms with E-state index >= 15 is 0 Å². The molecule has 0 bridgehead atoms. The highest BCUT2D eigenvalue weighted by Gasteiger charge is 2.40. The molecule has 2 aliphatic rings. The molecule has 27 heavy (non-hydrogen) atoms. The predicted molar refractivity (Wildman–Crippen MR) is 109 cm³/mol. The third-order valence-corrected chi connectivity index (χ3v) is 5.29. The maximum Gasteiger partial charge on any atom is 0.107 e. The van der Waals surface area contributed by atoms with Gasteiger partial charge in [0.1, 0.15) is 12.2 Å². The molecule has 0 saturated carbocycles. The van der Waals surface area contributed by atoms with Gasteiger partial charge in [0, 0.05) is 12.8 Å².